The van der Waals surface area contributed by atoms with Gasteiger partial charge in [-0.3, -0.25) is 4.79 Å². The van der Waals surface area contributed by atoms with Crippen molar-refractivity contribution in [1.29, 1.82) is 0 Å². The number of ether oxygens (including phenoxy) is 1. The summed E-state index contributed by atoms with van der Waals surface area (Å²) in [6.07, 6.45) is 1.61. The molecule has 0 saturated heterocycles. The van der Waals surface area contributed by atoms with Crippen LogP contribution in [0.25, 0.3) is 11.1 Å². The van der Waals surface area contributed by atoms with E-state index in [1.807, 2.05) is 18.2 Å². The first-order valence-corrected chi connectivity index (χ1v) is 9.64. The first kappa shape index (κ1) is 17.3. The van der Waals surface area contributed by atoms with Crippen molar-refractivity contribution in [1.82, 2.24) is 4.57 Å². The van der Waals surface area contributed by atoms with Crippen molar-refractivity contribution in [3.05, 3.63) is 77.2 Å². The summed E-state index contributed by atoms with van der Waals surface area (Å²) in [7, 11) is 3.19. The maximum absolute atomic E-state index is 11.7. The molecule has 0 spiro atoms. The quantitative estimate of drug-likeness (QED) is 0.651. The fourth-order valence-corrected chi connectivity index (χ4v) is 3.12. The number of pyridine rings is 1. The number of aryl methyl sites for hydroxylation is 1. The average molecular weight is 376 g/mol. The zero-order valence-electron chi connectivity index (χ0n) is 13.2. The van der Waals surface area contributed by atoms with Crippen molar-refractivity contribution in [3.63, 3.8) is 0 Å². The predicted molar refractivity (Wildman–Crippen MR) is 96.7 cm³/mol. The highest BCUT2D eigenvalue weighted by atomic mass is 35.7. The zero-order chi connectivity index (χ0) is 18.0. The predicted octanol–water partition coefficient (Wildman–Crippen LogP) is 3.77. The summed E-state index contributed by atoms with van der Waals surface area (Å²) in [5, 5.41) is 0. The Kier molecular flexibility index (Phi) is 4.65. The third-order valence-corrected chi connectivity index (χ3v) is 4.95. The molecule has 1 heterocycles. The molecule has 1 aromatic heterocycles. The Balaban J connectivity index is 2.17. The first-order chi connectivity index (χ1) is 11.8. The van der Waals surface area contributed by atoms with Gasteiger partial charge in [0.15, 0.2) is 0 Å². The Morgan fingerprint density at radius 3 is 2.36 bits per heavy atom. The Hall–Kier alpha value is -2.57. The molecule has 0 bridgehead atoms. The van der Waals surface area contributed by atoms with Crippen molar-refractivity contribution in [2.24, 2.45) is 7.05 Å². The molecule has 7 heteroatoms. The number of nitrogens with zero attached hydrogens (tertiary/aromatic N) is 1. The minimum absolute atomic E-state index is 0.0431. The van der Waals surface area contributed by atoms with Crippen LogP contribution in [0.3, 0.4) is 0 Å². The summed E-state index contributed by atoms with van der Waals surface area (Å²) in [6, 6.07) is 16.5. The molecule has 0 atom stereocenters. The monoisotopic (exact) mass is 375 g/mol. The number of aromatic nitrogens is 1. The van der Waals surface area contributed by atoms with Crippen LogP contribution in [-0.2, 0) is 16.1 Å². The van der Waals surface area contributed by atoms with Crippen LogP contribution >= 0.6 is 10.7 Å². The summed E-state index contributed by atoms with van der Waals surface area (Å²) < 4.78 is 30.6. The second-order valence-corrected chi connectivity index (χ2v) is 7.94. The van der Waals surface area contributed by atoms with Gasteiger partial charge in [-0.25, -0.2) is 8.42 Å². The van der Waals surface area contributed by atoms with Crippen LogP contribution < -0.4 is 10.3 Å². The topological polar surface area (TPSA) is 65.4 Å². The van der Waals surface area contributed by atoms with Crippen molar-refractivity contribution >= 4 is 19.7 Å². The molecule has 0 aliphatic carbocycles. The number of para-hydroxylation sites is 1. The molecule has 0 N–H and O–H groups in total. The summed E-state index contributed by atoms with van der Waals surface area (Å²) in [6.45, 7) is 0. The summed E-state index contributed by atoms with van der Waals surface area (Å²) in [5.41, 5.74) is 0.978. The summed E-state index contributed by atoms with van der Waals surface area (Å²) in [5.74, 6) is 1.06. The van der Waals surface area contributed by atoms with Gasteiger partial charge in [0.05, 0.1) is 4.90 Å². The molecule has 0 amide bonds. The molecule has 2 aromatic carbocycles. The van der Waals surface area contributed by atoms with E-state index in [1.165, 1.54) is 22.8 Å². The van der Waals surface area contributed by atoms with E-state index in [2.05, 4.69) is 0 Å². The van der Waals surface area contributed by atoms with Gasteiger partial charge in [-0.05, 0) is 36.4 Å². The van der Waals surface area contributed by atoms with E-state index in [4.69, 9.17) is 15.4 Å². The van der Waals surface area contributed by atoms with Gasteiger partial charge in [0, 0.05) is 41.1 Å². The number of benzene rings is 2. The minimum atomic E-state index is -3.89. The van der Waals surface area contributed by atoms with Crippen molar-refractivity contribution < 1.29 is 13.2 Å². The van der Waals surface area contributed by atoms with Crippen LogP contribution in [0.4, 0.5) is 0 Å². The highest BCUT2D eigenvalue weighted by molar-refractivity contribution is 8.13. The molecule has 0 fully saturated rings. The second-order valence-electron chi connectivity index (χ2n) is 5.38. The van der Waals surface area contributed by atoms with Crippen LogP contribution in [0.15, 0.2) is 76.6 Å². The van der Waals surface area contributed by atoms with E-state index in [0.29, 0.717) is 22.6 Å². The van der Waals surface area contributed by atoms with Crippen molar-refractivity contribution in [2.45, 2.75) is 4.90 Å². The Bertz CT molecular complexity index is 1080. The van der Waals surface area contributed by atoms with E-state index < -0.39 is 9.05 Å². The fraction of sp³-hybridized carbons (Fsp3) is 0.0556. The molecule has 0 unspecified atom stereocenters. The second kappa shape index (κ2) is 6.74. The Morgan fingerprint density at radius 1 is 1.00 bits per heavy atom. The van der Waals surface area contributed by atoms with Gasteiger partial charge >= 0.3 is 0 Å². The highest BCUT2D eigenvalue weighted by Crippen LogP contribution is 2.35. The largest absolute Gasteiger partial charge is 0.457 e. The Morgan fingerprint density at radius 2 is 1.72 bits per heavy atom. The van der Waals surface area contributed by atoms with Crippen LogP contribution in [0, 0.1) is 0 Å². The smallest absolute Gasteiger partial charge is 0.261 e. The van der Waals surface area contributed by atoms with Crippen LogP contribution in [0.5, 0.6) is 11.5 Å². The van der Waals surface area contributed by atoms with Gasteiger partial charge in [0.2, 0.25) is 5.56 Å². The molecule has 128 valence electrons. The molecular formula is C18H14ClNO4S. The van der Waals surface area contributed by atoms with Gasteiger partial charge in [-0.15, -0.1) is 0 Å². The molecule has 0 saturated carbocycles. The van der Waals surface area contributed by atoms with Crippen molar-refractivity contribution in [3.8, 4) is 22.6 Å². The lowest BCUT2D eigenvalue weighted by molar-refractivity contribution is 0.484. The van der Waals surface area contributed by atoms with Crippen LogP contribution in [0.1, 0.15) is 0 Å². The third kappa shape index (κ3) is 3.92. The van der Waals surface area contributed by atoms with Crippen molar-refractivity contribution in [2.75, 3.05) is 0 Å². The summed E-state index contributed by atoms with van der Waals surface area (Å²) >= 11 is 0. The molecule has 0 radical (unpaired) electrons. The normalized spacial score (nSPS) is 11.3. The van der Waals surface area contributed by atoms with Gasteiger partial charge < -0.3 is 9.30 Å². The fourth-order valence-electron chi connectivity index (χ4n) is 2.34. The SMILES string of the molecule is Cn1cc(-c2cc(S(=O)(=O)Cl)ccc2Oc2ccccc2)ccc1=O. The minimum Gasteiger partial charge on any atom is -0.457 e. The Labute approximate surface area is 149 Å². The molecule has 5 nitrogen and oxygen atoms in total. The maximum atomic E-state index is 11.7. The first-order valence-electron chi connectivity index (χ1n) is 7.33. The molecular weight excluding hydrogens is 362 g/mol. The molecule has 3 aromatic rings. The van der Waals surface area contributed by atoms with Gasteiger partial charge in [0.25, 0.3) is 9.05 Å². The van der Waals surface area contributed by atoms with E-state index >= 15 is 0 Å². The number of hydrogen-bond donors (Lipinski definition) is 0. The number of hydrogen-bond acceptors (Lipinski definition) is 4. The number of halogens is 1. The molecule has 3 rings (SSSR count). The standard InChI is InChI=1S/C18H14ClNO4S/c1-20-12-13(7-10-18(20)21)16-11-15(25(19,22)23)8-9-17(16)24-14-5-3-2-4-6-14/h2-12H,1H3. The van der Waals surface area contributed by atoms with Crippen LogP contribution in [0.2, 0.25) is 0 Å². The lowest BCUT2D eigenvalue weighted by Crippen LogP contribution is -2.14. The highest BCUT2D eigenvalue weighted by Gasteiger charge is 2.16. The summed E-state index contributed by atoms with van der Waals surface area (Å²) in [4.78, 5) is 11.6. The molecule has 0 aliphatic rings. The molecule has 0 aliphatic heterocycles. The van der Waals surface area contributed by atoms with Crippen LogP contribution in [-0.4, -0.2) is 13.0 Å². The zero-order valence-corrected chi connectivity index (χ0v) is 14.8. The van der Waals surface area contributed by atoms with Gasteiger partial charge in [-0.1, -0.05) is 18.2 Å². The maximum Gasteiger partial charge on any atom is 0.261 e. The van der Waals surface area contributed by atoms with Gasteiger partial charge in [-0.2, -0.15) is 0 Å². The van der Waals surface area contributed by atoms with E-state index in [9.17, 15) is 13.2 Å². The molecule has 25 heavy (non-hydrogen) atoms. The lowest BCUT2D eigenvalue weighted by Gasteiger charge is -2.13. The number of rotatable bonds is 4. The third-order valence-electron chi connectivity index (χ3n) is 3.60. The average Bonchev–Trinajstić information content (AvgIpc) is 2.58. The lowest BCUT2D eigenvalue weighted by atomic mass is 10.1. The van der Waals surface area contributed by atoms with E-state index in [1.54, 1.807) is 37.5 Å². The van der Waals surface area contributed by atoms with E-state index in [-0.39, 0.29) is 10.5 Å². The van der Waals surface area contributed by atoms with E-state index in [0.717, 1.165) is 0 Å². The van der Waals surface area contributed by atoms with Gasteiger partial charge in [0.1, 0.15) is 11.5 Å².